The number of nitrogens with one attached hydrogen (secondary N) is 1. The second-order valence-corrected chi connectivity index (χ2v) is 9.70. The van der Waals surface area contributed by atoms with Gasteiger partial charge in [-0.05, 0) is 29.4 Å². The van der Waals surface area contributed by atoms with Gasteiger partial charge in [-0.1, -0.05) is 97.1 Å². The molecule has 1 saturated heterocycles. The lowest BCUT2D eigenvalue weighted by molar-refractivity contribution is 0.101. The van der Waals surface area contributed by atoms with Crippen LogP contribution in [-0.2, 0) is 11.3 Å². The standard InChI is InChI=1S/C32H32N2O2/c35-26(20-33-21-27-15-9-19-36-27)22-34-31(25-13-5-2-6-14-25)30(24-11-3-1-4-12-24)29-18-17-23-10-7-8-16-28(23)32(29)34/h1-8,10-14,16-18,26-27,33,35H,9,15,19-22H2. The summed E-state index contributed by atoms with van der Waals surface area (Å²) in [5, 5.41) is 18.3. The first-order chi connectivity index (χ1) is 17.8. The van der Waals surface area contributed by atoms with Crippen LogP contribution < -0.4 is 5.32 Å². The zero-order valence-electron chi connectivity index (χ0n) is 20.4. The van der Waals surface area contributed by atoms with Crippen LogP contribution in [0.1, 0.15) is 12.8 Å². The first-order valence-electron chi connectivity index (χ1n) is 12.9. The number of hydrogen-bond donors (Lipinski definition) is 2. The molecule has 6 rings (SSSR count). The summed E-state index contributed by atoms with van der Waals surface area (Å²) in [6.45, 7) is 2.66. The van der Waals surface area contributed by atoms with Crippen LogP contribution in [0.5, 0.6) is 0 Å². The monoisotopic (exact) mass is 476 g/mol. The number of benzene rings is 4. The second-order valence-electron chi connectivity index (χ2n) is 9.70. The van der Waals surface area contributed by atoms with Crippen LogP contribution in [0.3, 0.4) is 0 Å². The SMILES string of the molecule is OC(CNCC1CCCO1)Cn1c(-c2ccccc2)c(-c2ccccc2)c2ccc3ccccc3c21. The fourth-order valence-corrected chi connectivity index (χ4v) is 5.59. The van der Waals surface area contributed by atoms with E-state index in [1.807, 2.05) is 0 Å². The number of aliphatic hydroxyl groups excluding tert-OH is 1. The Balaban J connectivity index is 1.50. The van der Waals surface area contributed by atoms with E-state index in [1.54, 1.807) is 0 Å². The van der Waals surface area contributed by atoms with Crippen LogP contribution in [-0.4, -0.2) is 41.6 Å². The molecule has 0 bridgehead atoms. The van der Waals surface area contributed by atoms with E-state index in [4.69, 9.17) is 4.74 Å². The molecule has 182 valence electrons. The fourth-order valence-electron chi connectivity index (χ4n) is 5.59. The molecule has 2 unspecified atom stereocenters. The third-order valence-corrected chi connectivity index (χ3v) is 7.23. The topological polar surface area (TPSA) is 46.4 Å². The molecule has 0 amide bonds. The van der Waals surface area contributed by atoms with Crippen molar-refractivity contribution in [2.24, 2.45) is 0 Å². The molecular weight excluding hydrogens is 444 g/mol. The van der Waals surface area contributed by atoms with Gasteiger partial charge in [0, 0.05) is 36.0 Å². The highest BCUT2D eigenvalue weighted by atomic mass is 16.5. The minimum atomic E-state index is -0.535. The van der Waals surface area contributed by atoms with Crippen molar-refractivity contribution in [3.63, 3.8) is 0 Å². The van der Waals surface area contributed by atoms with E-state index in [2.05, 4.69) is 107 Å². The van der Waals surface area contributed by atoms with Crippen LogP contribution in [0.15, 0.2) is 97.1 Å². The smallest absolute Gasteiger partial charge is 0.0843 e. The van der Waals surface area contributed by atoms with Crippen molar-refractivity contribution < 1.29 is 9.84 Å². The van der Waals surface area contributed by atoms with E-state index in [0.717, 1.165) is 37.3 Å². The van der Waals surface area contributed by atoms with E-state index in [0.29, 0.717) is 13.1 Å². The summed E-state index contributed by atoms with van der Waals surface area (Å²) in [5.41, 5.74) is 5.86. The van der Waals surface area contributed by atoms with Crippen molar-refractivity contribution in [3.05, 3.63) is 97.1 Å². The molecule has 2 atom stereocenters. The molecule has 0 radical (unpaired) electrons. The van der Waals surface area contributed by atoms with Gasteiger partial charge in [-0.2, -0.15) is 0 Å². The molecule has 4 aromatic carbocycles. The van der Waals surface area contributed by atoms with Crippen LogP contribution in [0.25, 0.3) is 44.1 Å². The molecule has 1 aliphatic rings. The van der Waals surface area contributed by atoms with Crippen LogP contribution in [0.2, 0.25) is 0 Å². The van der Waals surface area contributed by atoms with Gasteiger partial charge in [0.25, 0.3) is 0 Å². The van der Waals surface area contributed by atoms with Gasteiger partial charge in [0.05, 0.1) is 30.0 Å². The first-order valence-corrected chi connectivity index (χ1v) is 12.9. The maximum absolute atomic E-state index is 11.2. The highest BCUT2D eigenvalue weighted by molar-refractivity contribution is 6.15. The minimum Gasteiger partial charge on any atom is -0.390 e. The lowest BCUT2D eigenvalue weighted by atomic mass is 9.97. The van der Waals surface area contributed by atoms with E-state index < -0.39 is 6.10 Å². The molecule has 1 aliphatic heterocycles. The average molecular weight is 477 g/mol. The van der Waals surface area contributed by atoms with Crippen molar-refractivity contribution in [2.75, 3.05) is 19.7 Å². The van der Waals surface area contributed by atoms with Gasteiger partial charge >= 0.3 is 0 Å². The molecule has 2 heterocycles. The van der Waals surface area contributed by atoms with Crippen LogP contribution in [0, 0.1) is 0 Å². The van der Waals surface area contributed by atoms with Crippen molar-refractivity contribution in [1.29, 1.82) is 0 Å². The Kier molecular flexibility index (Phi) is 6.56. The Labute approximate surface area is 212 Å². The van der Waals surface area contributed by atoms with Gasteiger partial charge in [0.15, 0.2) is 0 Å². The number of ether oxygens (including phenoxy) is 1. The molecule has 2 N–H and O–H groups in total. The quantitative estimate of drug-likeness (QED) is 0.278. The summed E-state index contributed by atoms with van der Waals surface area (Å²) >= 11 is 0. The van der Waals surface area contributed by atoms with Crippen LogP contribution in [0.4, 0.5) is 0 Å². The maximum Gasteiger partial charge on any atom is 0.0843 e. The second kappa shape index (κ2) is 10.3. The number of aliphatic hydroxyl groups is 1. The van der Waals surface area contributed by atoms with E-state index >= 15 is 0 Å². The number of rotatable bonds is 8. The molecule has 0 saturated carbocycles. The summed E-state index contributed by atoms with van der Waals surface area (Å²) in [6.07, 6.45) is 1.95. The number of nitrogens with zero attached hydrogens (tertiary/aromatic N) is 1. The highest BCUT2D eigenvalue weighted by Crippen LogP contribution is 2.43. The number of aromatic nitrogens is 1. The Morgan fingerprint density at radius 2 is 1.56 bits per heavy atom. The molecule has 36 heavy (non-hydrogen) atoms. The Hall–Kier alpha value is -3.44. The molecule has 1 aromatic heterocycles. The van der Waals surface area contributed by atoms with Gasteiger partial charge in [0.2, 0.25) is 0 Å². The Morgan fingerprint density at radius 1 is 0.833 bits per heavy atom. The van der Waals surface area contributed by atoms with E-state index in [-0.39, 0.29) is 6.10 Å². The van der Waals surface area contributed by atoms with Crippen molar-refractivity contribution in [2.45, 2.75) is 31.6 Å². The third-order valence-electron chi connectivity index (χ3n) is 7.23. The van der Waals surface area contributed by atoms with Crippen molar-refractivity contribution in [3.8, 4) is 22.4 Å². The van der Waals surface area contributed by atoms with Crippen molar-refractivity contribution in [1.82, 2.24) is 9.88 Å². The van der Waals surface area contributed by atoms with E-state index in [1.165, 1.54) is 32.8 Å². The molecule has 5 aromatic rings. The fraction of sp³-hybridized carbons (Fsp3) is 0.250. The van der Waals surface area contributed by atoms with Crippen LogP contribution >= 0.6 is 0 Å². The van der Waals surface area contributed by atoms with Gasteiger partial charge in [-0.25, -0.2) is 0 Å². The molecule has 4 heteroatoms. The van der Waals surface area contributed by atoms with Crippen molar-refractivity contribution >= 4 is 21.7 Å². The zero-order valence-corrected chi connectivity index (χ0v) is 20.4. The molecule has 1 fully saturated rings. The lowest BCUT2D eigenvalue weighted by Gasteiger charge is -2.19. The predicted octanol–water partition coefficient (Wildman–Crippen LogP) is 6.26. The Morgan fingerprint density at radius 3 is 2.31 bits per heavy atom. The van der Waals surface area contributed by atoms with Gasteiger partial charge in [-0.3, -0.25) is 0 Å². The summed E-state index contributed by atoms with van der Waals surface area (Å²) in [6, 6.07) is 34.2. The number of fused-ring (bicyclic) bond motifs is 3. The molecule has 4 nitrogen and oxygen atoms in total. The highest BCUT2D eigenvalue weighted by Gasteiger charge is 2.23. The molecule has 0 aliphatic carbocycles. The zero-order chi connectivity index (χ0) is 24.3. The summed E-state index contributed by atoms with van der Waals surface area (Å²) in [7, 11) is 0. The third kappa shape index (κ3) is 4.44. The van der Waals surface area contributed by atoms with Gasteiger partial charge < -0.3 is 19.7 Å². The predicted molar refractivity (Wildman–Crippen MR) is 148 cm³/mol. The lowest BCUT2D eigenvalue weighted by Crippen LogP contribution is -2.35. The van der Waals surface area contributed by atoms with Gasteiger partial charge in [-0.15, -0.1) is 0 Å². The maximum atomic E-state index is 11.2. The summed E-state index contributed by atoms with van der Waals surface area (Å²) in [4.78, 5) is 0. The largest absolute Gasteiger partial charge is 0.390 e. The first kappa shape index (κ1) is 23.0. The summed E-state index contributed by atoms with van der Waals surface area (Å²) < 4.78 is 8.08. The minimum absolute atomic E-state index is 0.262. The summed E-state index contributed by atoms with van der Waals surface area (Å²) in [5.74, 6) is 0. The normalized spacial score (nSPS) is 16.6. The Bertz CT molecular complexity index is 1450. The van der Waals surface area contributed by atoms with Gasteiger partial charge in [0.1, 0.15) is 0 Å². The average Bonchev–Trinajstić information content (AvgIpc) is 3.56. The molecule has 0 spiro atoms. The molecular formula is C32H32N2O2. The number of hydrogen-bond acceptors (Lipinski definition) is 3. The van der Waals surface area contributed by atoms with E-state index in [9.17, 15) is 5.11 Å².